The molecule has 7 heteroatoms. The number of pyridine rings is 1. The molecule has 0 spiro atoms. The molecule has 5 nitrogen and oxygen atoms in total. The van der Waals surface area contributed by atoms with Gasteiger partial charge in [-0.15, -0.1) is 0 Å². The lowest BCUT2D eigenvalue weighted by molar-refractivity contribution is 0.475. The first-order valence-corrected chi connectivity index (χ1v) is 10.3. The third-order valence-electron chi connectivity index (χ3n) is 5.40. The number of anilines is 1. The first kappa shape index (κ1) is 19.3. The van der Waals surface area contributed by atoms with Gasteiger partial charge in [0.2, 0.25) is 0 Å². The minimum atomic E-state index is -0.297. The van der Waals surface area contributed by atoms with E-state index in [1.807, 2.05) is 64.2 Å². The molecule has 5 rings (SSSR count). The van der Waals surface area contributed by atoms with E-state index in [9.17, 15) is 9.50 Å². The number of halogens is 1. The molecule has 0 saturated carbocycles. The number of aromatic nitrogens is 2. The molecule has 2 aromatic heterocycles. The van der Waals surface area contributed by atoms with Crippen molar-refractivity contribution in [2.24, 2.45) is 0 Å². The number of phenols is 1. The first-order valence-electron chi connectivity index (χ1n) is 9.85. The van der Waals surface area contributed by atoms with Gasteiger partial charge in [-0.25, -0.2) is 4.39 Å². The van der Waals surface area contributed by atoms with Crippen LogP contribution in [0.15, 0.2) is 91.3 Å². The van der Waals surface area contributed by atoms with Crippen LogP contribution in [0.4, 0.5) is 10.1 Å². The molecule has 31 heavy (non-hydrogen) atoms. The van der Waals surface area contributed by atoms with Crippen molar-refractivity contribution < 1.29 is 9.50 Å². The highest BCUT2D eigenvalue weighted by molar-refractivity contribution is 7.80. The summed E-state index contributed by atoms with van der Waals surface area (Å²) in [5.74, 6) is -0.114. The SMILES string of the molecule is Oc1ccc(N2C(=S)NC(c3ccccn3)C2c2cccn2-c2cccc(F)c2)cc1. The molecule has 0 radical (unpaired) electrons. The second-order valence-corrected chi connectivity index (χ2v) is 7.68. The summed E-state index contributed by atoms with van der Waals surface area (Å²) in [4.78, 5) is 6.57. The van der Waals surface area contributed by atoms with Crippen molar-refractivity contribution in [3.8, 4) is 11.4 Å². The van der Waals surface area contributed by atoms with Crippen LogP contribution in [0.1, 0.15) is 23.5 Å². The third kappa shape index (κ3) is 3.53. The van der Waals surface area contributed by atoms with Crippen LogP contribution in [0.25, 0.3) is 5.69 Å². The number of phenolic OH excluding ortho intramolecular Hbond substituents is 1. The van der Waals surface area contributed by atoms with Crippen molar-refractivity contribution >= 4 is 23.0 Å². The third-order valence-corrected chi connectivity index (χ3v) is 5.71. The summed E-state index contributed by atoms with van der Waals surface area (Å²) in [6.07, 6.45) is 3.67. The van der Waals surface area contributed by atoms with Crippen LogP contribution in [0.2, 0.25) is 0 Å². The van der Waals surface area contributed by atoms with Crippen molar-refractivity contribution in [1.29, 1.82) is 0 Å². The van der Waals surface area contributed by atoms with Crippen molar-refractivity contribution in [3.63, 3.8) is 0 Å². The van der Waals surface area contributed by atoms with Crippen LogP contribution < -0.4 is 10.2 Å². The molecule has 154 valence electrons. The number of rotatable bonds is 4. The lowest BCUT2D eigenvalue weighted by Crippen LogP contribution is -2.30. The van der Waals surface area contributed by atoms with E-state index in [2.05, 4.69) is 10.3 Å². The Morgan fingerprint density at radius 2 is 1.77 bits per heavy atom. The number of benzene rings is 2. The van der Waals surface area contributed by atoms with Gasteiger partial charge >= 0.3 is 0 Å². The van der Waals surface area contributed by atoms with Crippen molar-refractivity contribution in [3.05, 3.63) is 108 Å². The van der Waals surface area contributed by atoms with Crippen LogP contribution in [0.3, 0.4) is 0 Å². The van der Waals surface area contributed by atoms with E-state index in [0.717, 1.165) is 22.8 Å². The largest absolute Gasteiger partial charge is 0.508 e. The molecule has 4 aromatic rings. The molecule has 2 aromatic carbocycles. The van der Waals surface area contributed by atoms with E-state index in [1.54, 1.807) is 24.4 Å². The minimum Gasteiger partial charge on any atom is -0.508 e. The van der Waals surface area contributed by atoms with Crippen LogP contribution in [-0.4, -0.2) is 19.8 Å². The summed E-state index contributed by atoms with van der Waals surface area (Å²) >= 11 is 5.72. The summed E-state index contributed by atoms with van der Waals surface area (Å²) in [5.41, 5.74) is 3.35. The summed E-state index contributed by atoms with van der Waals surface area (Å²) in [6.45, 7) is 0. The predicted octanol–water partition coefficient (Wildman–Crippen LogP) is 4.89. The topological polar surface area (TPSA) is 53.3 Å². The number of aromatic hydroxyl groups is 1. The number of hydrogen-bond acceptors (Lipinski definition) is 3. The van der Waals surface area contributed by atoms with E-state index in [1.165, 1.54) is 12.1 Å². The molecule has 1 saturated heterocycles. The number of nitrogens with zero attached hydrogens (tertiary/aromatic N) is 3. The maximum Gasteiger partial charge on any atom is 0.174 e. The van der Waals surface area contributed by atoms with Gasteiger partial charge in [-0.1, -0.05) is 12.1 Å². The van der Waals surface area contributed by atoms with Crippen molar-refractivity contribution in [2.45, 2.75) is 12.1 Å². The molecule has 1 fully saturated rings. The molecule has 0 amide bonds. The molecular formula is C24H19FN4OS. The zero-order chi connectivity index (χ0) is 21.4. The Bertz CT molecular complexity index is 1230. The van der Waals surface area contributed by atoms with Crippen molar-refractivity contribution in [1.82, 2.24) is 14.9 Å². The lowest BCUT2D eigenvalue weighted by atomic mass is 10.0. The number of hydrogen-bond donors (Lipinski definition) is 2. The summed E-state index contributed by atoms with van der Waals surface area (Å²) in [6, 6.07) is 22.7. The minimum absolute atomic E-state index is 0.183. The Hall–Kier alpha value is -3.71. The molecule has 2 N–H and O–H groups in total. The molecule has 0 bridgehead atoms. The van der Waals surface area contributed by atoms with Gasteiger partial charge in [-0.05, 0) is 78.9 Å². The fourth-order valence-electron chi connectivity index (χ4n) is 4.04. The van der Waals surface area contributed by atoms with Gasteiger partial charge in [0.05, 0.1) is 11.7 Å². The molecule has 1 aliphatic rings. The van der Waals surface area contributed by atoms with E-state index in [4.69, 9.17) is 12.2 Å². The van der Waals surface area contributed by atoms with Gasteiger partial charge in [0.1, 0.15) is 17.6 Å². The Morgan fingerprint density at radius 3 is 2.52 bits per heavy atom. The van der Waals surface area contributed by atoms with Gasteiger partial charge in [0.15, 0.2) is 5.11 Å². The van der Waals surface area contributed by atoms with Gasteiger partial charge < -0.3 is 19.9 Å². The number of nitrogens with one attached hydrogen (secondary N) is 1. The average Bonchev–Trinajstić information content (AvgIpc) is 3.39. The first-order chi connectivity index (χ1) is 15.1. The van der Waals surface area contributed by atoms with E-state index in [-0.39, 0.29) is 23.7 Å². The van der Waals surface area contributed by atoms with E-state index < -0.39 is 0 Å². The predicted molar refractivity (Wildman–Crippen MR) is 122 cm³/mol. The second kappa shape index (κ2) is 7.85. The maximum absolute atomic E-state index is 14.0. The zero-order valence-corrected chi connectivity index (χ0v) is 17.2. The Balaban J connectivity index is 1.67. The fraction of sp³-hybridized carbons (Fsp3) is 0.0833. The summed E-state index contributed by atoms with van der Waals surface area (Å²) in [7, 11) is 0. The normalized spacial score (nSPS) is 18.2. The average molecular weight is 431 g/mol. The smallest absolute Gasteiger partial charge is 0.174 e. The Kier molecular flexibility index (Phi) is 4.88. The summed E-state index contributed by atoms with van der Waals surface area (Å²) in [5, 5.41) is 13.7. The highest BCUT2D eigenvalue weighted by Crippen LogP contribution is 2.42. The van der Waals surface area contributed by atoms with Gasteiger partial charge in [0.25, 0.3) is 0 Å². The highest BCUT2D eigenvalue weighted by Gasteiger charge is 2.42. The molecular weight excluding hydrogens is 411 g/mol. The molecule has 2 unspecified atom stereocenters. The summed E-state index contributed by atoms with van der Waals surface area (Å²) < 4.78 is 15.9. The fourth-order valence-corrected chi connectivity index (χ4v) is 4.39. The molecule has 2 atom stereocenters. The lowest BCUT2D eigenvalue weighted by Gasteiger charge is -2.29. The standard InChI is InChI=1S/C24H19FN4OS/c25-16-5-3-6-18(15-16)28-14-4-8-21(28)23-22(20-7-1-2-13-26-20)27-24(31)29(23)17-9-11-19(30)12-10-17/h1-15,22-23,30H,(H,27,31). The van der Waals surface area contributed by atoms with Gasteiger partial charge in [0, 0.05) is 29.5 Å². The van der Waals surface area contributed by atoms with Crippen LogP contribution >= 0.6 is 12.2 Å². The molecule has 0 aliphatic carbocycles. The van der Waals surface area contributed by atoms with E-state index in [0.29, 0.717) is 5.11 Å². The quantitative estimate of drug-likeness (QED) is 0.452. The monoisotopic (exact) mass is 430 g/mol. The highest BCUT2D eigenvalue weighted by atomic mass is 32.1. The van der Waals surface area contributed by atoms with Crippen LogP contribution in [-0.2, 0) is 0 Å². The Labute approximate surface area is 184 Å². The van der Waals surface area contributed by atoms with Gasteiger partial charge in [-0.2, -0.15) is 0 Å². The maximum atomic E-state index is 14.0. The Morgan fingerprint density at radius 1 is 0.935 bits per heavy atom. The molecule has 3 heterocycles. The second-order valence-electron chi connectivity index (χ2n) is 7.30. The van der Waals surface area contributed by atoms with Crippen LogP contribution in [0, 0.1) is 5.82 Å². The molecule has 1 aliphatic heterocycles. The zero-order valence-electron chi connectivity index (χ0n) is 16.4. The number of thiocarbonyl (C=S) groups is 1. The van der Waals surface area contributed by atoms with Crippen molar-refractivity contribution in [2.75, 3.05) is 4.90 Å². The van der Waals surface area contributed by atoms with Gasteiger partial charge in [-0.3, -0.25) is 4.98 Å². The van der Waals surface area contributed by atoms with Crippen LogP contribution in [0.5, 0.6) is 5.75 Å². The van der Waals surface area contributed by atoms with E-state index >= 15 is 0 Å².